The molecule has 32 valence electrons. The Labute approximate surface area is 39.8 Å². The molecule has 0 fully saturated rings. The molecule has 0 radical (unpaired) electrons. The van der Waals surface area contributed by atoms with Gasteiger partial charge in [-0.1, -0.05) is 0 Å². The van der Waals surface area contributed by atoms with Crippen molar-refractivity contribution in [1.29, 1.82) is 0 Å². The Morgan fingerprint density at radius 1 is 1.83 bits per heavy atom. The summed E-state index contributed by atoms with van der Waals surface area (Å²) in [7, 11) is 0. The van der Waals surface area contributed by atoms with Crippen LogP contribution < -0.4 is 0 Å². The van der Waals surface area contributed by atoms with Crippen LogP contribution in [-0.4, -0.2) is 12.5 Å². The van der Waals surface area contributed by atoms with Gasteiger partial charge in [0.1, 0.15) is 0 Å². The van der Waals surface area contributed by atoms with Crippen LogP contribution in [0.3, 0.4) is 0 Å². The van der Waals surface area contributed by atoms with Gasteiger partial charge in [0.05, 0.1) is 0 Å². The number of hydrogen-bond donors (Lipinski definition) is 0. The average Bonchev–Trinajstić information content (AvgIpc) is 1.61. The van der Waals surface area contributed by atoms with Crippen molar-refractivity contribution in [3.63, 3.8) is 0 Å². The van der Waals surface area contributed by atoms with Gasteiger partial charge in [-0.3, -0.25) is 0 Å². The summed E-state index contributed by atoms with van der Waals surface area (Å²) < 4.78 is 0. The van der Waals surface area contributed by atoms with E-state index >= 15 is 0 Å². The van der Waals surface area contributed by atoms with Gasteiger partial charge in [0.25, 0.3) is 0 Å². The molecular formula is C5H9B. The zero-order valence-corrected chi connectivity index (χ0v) is 4.36. The summed E-state index contributed by atoms with van der Waals surface area (Å²) in [6.07, 6.45) is 2.99. The van der Waals surface area contributed by atoms with Crippen LogP contribution in [0, 0.1) is 0 Å². The van der Waals surface area contributed by atoms with E-state index in [9.17, 15) is 0 Å². The van der Waals surface area contributed by atoms with Crippen LogP contribution in [0.1, 0.15) is 13.8 Å². The van der Waals surface area contributed by atoms with Gasteiger partial charge in [-0.15, -0.1) is 0 Å². The molecular weight excluding hydrogens is 70.9 g/mol. The molecule has 0 aromatic heterocycles. The van der Waals surface area contributed by atoms with Crippen molar-refractivity contribution in [1.82, 2.24) is 0 Å². The van der Waals surface area contributed by atoms with Gasteiger partial charge in [0, 0.05) is 0 Å². The number of hydrogen-bond acceptors (Lipinski definition) is 0. The van der Waals surface area contributed by atoms with Crippen LogP contribution >= 0.6 is 0 Å². The molecule has 0 aromatic rings. The first-order valence-corrected chi connectivity index (χ1v) is 2.27. The fourth-order valence-electron chi connectivity index (χ4n) is 0.236. The summed E-state index contributed by atoms with van der Waals surface area (Å²) in [6, 6.07) is 0. The molecule has 0 nitrogen and oxygen atoms in total. The fourth-order valence-corrected chi connectivity index (χ4v) is 0.236. The minimum absolute atomic E-state index is 1.09. The predicted molar refractivity (Wildman–Crippen MR) is 31.5 cm³/mol. The first-order chi connectivity index (χ1) is 2.91. The second kappa shape index (κ2) is 4.71. The topological polar surface area (TPSA) is 0 Å². The van der Waals surface area contributed by atoms with Crippen LogP contribution in [0.4, 0.5) is 0 Å². The van der Waals surface area contributed by atoms with Crippen molar-refractivity contribution in [3.8, 4) is 0 Å². The molecule has 6 heavy (non-hydrogen) atoms. The monoisotopic (exact) mass is 80.1 g/mol. The van der Waals surface area contributed by atoms with Crippen LogP contribution in [0.2, 0.25) is 6.32 Å². The quantitative estimate of drug-likeness (QED) is 0.414. The van der Waals surface area contributed by atoms with Gasteiger partial charge in [0.15, 0.2) is 0 Å². The zero-order valence-electron chi connectivity index (χ0n) is 4.36. The van der Waals surface area contributed by atoms with E-state index in [1.165, 1.54) is 0 Å². The molecule has 0 saturated carbocycles. The minimum atomic E-state index is 1.09. The first kappa shape index (κ1) is 5.71. The van der Waals surface area contributed by atoms with Gasteiger partial charge in [0.2, 0.25) is 0 Å². The normalized spacial score (nSPS) is 5.67. The third kappa shape index (κ3) is 3.71. The Morgan fingerprint density at radius 3 is 2.67 bits per heavy atom. The second-order valence-corrected chi connectivity index (χ2v) is 1.07. The SMILES string of the molecule is CC=C=BCC. The first-order valence-electron chi connectivity index (χ1n) is 2.27. The molecule has 0 aliphatic carbocycles. The molecule has 0 amide bonds. The Hall–Kier alpha value is -0.285. The molecule has 0 unspecified atom stereocenters. The summed E-state index contributed by atoms with van der Waals surface area (Å²) >= 11 is 0. The molecule has 0 rings (SSSR count). The third-order valence-corrected chi connectivity index (χ3v) is 0.489. The van der Waals surface area contributed by atoms with Crippen LogP contribution in [0.25, 0.3) is 0 Å². The van der Waals surface area contributed by atoms with E-state index in [0.29, 0.717) is 0 Å². The van der Waals surface area contributed by atoms with Crippen molar-refractivity contribution in [2.24, 2.45) is 0 Å². The van der Waals surface area contributed by atoms with Crippen molar-refractivity contribution >= 4 is 12.5 Å². The molecule has 0 heterocycles. The number of rotatable bonds is 1. The summed E-state index contributed by atoms with van der Waals surface area (Å²) in [4.78, 5) is 0. The van der Waals surface area contributed by atoms with Gasteiger partial charge in [-0.05, 0) is 0 Å². The van der Waals surface area contributed by atoms with Crippen LogP contribution in [-0.2, 0) is 0 Å². The van der Waals surface area contributed by atoms with Crippen molar-refractivity contribution in [2.75, 3.05) is 0 Å². The predicted octanol–water partition coefficient (Wildman–Crippen LogP) is 1.11. The average molecular weight is 79.9 g/mol. The molecule has 0 aromatic carbocycles. The van der Waals surface area contributed by atoms with Gasteiger partial charge in [-0.2, -0.15) is 0 Å². The van der Waals surface area contributed by atoms with Crippen molar-refractivity contribution in [3.05, 3.63) is 6.08 Å². The summed E-state index contributed by atoms with van der Waals surface area (Å²) in [5.41, 5.74) is 2.95. The van der Waals surface area contributed by atoms with Crippen LogP contribution in [0.5, 0.6) is 0 Å². The van der Waals surface area contributed by atoms with Crippen molar-refractivity contribution in [2.45, 2.75) is 20.2 Å². The molecule has 0 saturated heterocycles. The molecule has 0 aliphatic rings. The Bertz CT molecular complexity index is 68.0. The molecule has 0 N–H and O–H groups in total. The standard InChI is InChI=1S/C5H9B/c1-3-5-6-4-2/h3H,4H2,1-2H3. The summed E-state index contributed by atoms with van der Waals surface area (Å²) in [6.45, 7) is 6.06. The maximum absolute atomic E-state index is 2.95. The molecule has 0 spiro atoms. The summed E-state index contributed by atoms with van der Waals surface area (Å²) in [5, 5.41) is 0. The van der Waals surface area contributed by atoms with Crippen molar-refractivity contribution < 1.29 is 0 Å². The van der Waals surface area contributed by atoms with Gasteiger partial charge < -0.3 is 0 Å². The van der Waals surface area contributed by atoms with E-state index in [1.54, 1.807) is 0 Å². The molecule has 0 bridgehead atoms. The third-order valence-electron chi connectivity index (χ3n) is 0.489. The molecule has 0 aliphatic heterocycles. The number of allylic oxidation sites excluding steroid dienone is 1. The van der Waals surface area contributed by atoms with Gasteiger partial charge >= 0.3 is 38.8 Å². The van der Waals surface area contributed by atoms with E-state index in [4.69, 9.17) is 0 Å². The van der Waals surface area contributed by atoms with E-state index < -0.39 is 0 Å². The zero-order chi connectivity index (χ0) is 4.83. The van der Waals surface area contributed by atoms with E-state index in [1.807, 2.05) is 19.9 Å². The van der Waals surface area contributed by atoms with Gasteiger partial charge in [-0.25, -0.2) is 0 Å². The summed E-state index contributed by atoms with van der Waals surface area (Å²) in [5.74, 6) is 0. The fraction of sp³-hybridized carbons (Fsp3) is 0.600. The maximum atomic E-state index is 2.95. The molecule has 1 heteroatoms. The van der Waals surface area contributed by atoms with E-state index in [2.05, 4.69) is 12.5 Å². The Balaban J connectivity index is 3.18. The van der Waals surface area contributed by atoms with E-state index in [0.717, 1.165) is 6.32 Å². The van der Waals surface area contributed by atoms with E-state index in [-0.39, 0.29) is 0 Å². The Kier molecular flexibility index (Phi) is 4.49. The second-order valence-electron chi connectivity index (χ2n) is 1.07. The molecule has 0 atom stereocenters. The van der Waals surface area contributed by atoms with Crippen LogP contribution in [0.15, 0.2) is 6.08 Å². The Morgan fingerprint density at radius 2 is 2.50 bits per heavy atom.